The van der Waals surface area contributed by atoms with Crippen LogP contribution < -0.4 is 4.74 Å². The van der Waals surface area contributed by atoms with E-state index < -0.39 is 0 Å². The van der Waals surface area contributed by atoms with Crippen molar-refractivity contribution < 1.29 is 9.53 Å². The molecule has 1 saturated carbocycles. The largest absolute Gasteiger partial charge is 0.487 e. The molecule has 4 rings (SSSR count). The van der Waals surface area contributed by atoms with Crippen LogP contribution in [0, 0.1) is 17.8 Å². The van der Waals surface area contributed by atoms with E-state index in [-0.39, 0.29) is 5.92 Å². The summed E-state index contributed by atoms with van der Waals surface area (Å²) >= 11 is 0. The molecular formula is C21H25N3O2. The van der Waals surface area contributed by atoms with Crippen molar-refractivity contribution >= 4 is 5.91 Å². The molecule has 136 valence electrons. The van der Waals surface area contributed by atoms with Gasteiger partial charge in [-0.2, -0.15) is 0 Å². The predicted octanol–water partition coefficient (Wildman–Crippen LogP) is 2.43. The molecule has 26 heavy (non-hydrogen) atoms. The van der Waals surface area contributed by atoms with Crippen LogP contribution in [0.25, 0.3) is 0 Å². The summed E-state index contributed by atoms with van der Waals surface area (Å²) in [7, 11) is 3.70. The van der Waals surface area contributed by atoms with Crippen LogP contribution in [0.3, 0.4) is 0 Å². The van der Waals surface area contributed by atoms with Gasteiger partial charge in [-0.3, -0.25) is 14.7 Å². The summed E-state index contributed by atoms with van der Waals surface area (Å²) in [5.74, 6) is 2.53. The van der Waals surface area contributed by atoms with Gasteiger partial charge in [-0.05, 0) is 41.7 Å². The number of benzene rings is 1. The van der Waals surface area contributed by atoms with Gasteiger partial charge in [-0.25, -0.2) is 0 Å². The lowest BCUT2D eigenvalue weighted by atomic mass is 10.2. The number of nitrogens with zero attached hydrogens (tertiary/aromatic N) is 3. The Morgan fingerprint density at radius 1 is 1.19 bits per heavy atom. The fourth-order valence-corrected chi connectivity index (χ4v) is 4.04. The first-order valence-corrected chi connectivity index (χ1v) is 9.17. The van der Waals surface area contributed by atoms with E-state index in [9.17, 15) is 4.79 Å². The topological polar surface area (TPSA) is 45.7 Å². The highest BCUT2D eigenvalue weighted by Crippen LogP contribution is 2.52. The van der Waals surface area contributed by atoms with Gasteiger partial charge in [0.15, 0.2) is 0 Å². The number of carbonyl (C=O) groups is 1. The number of aromatic nitrogens is 1. The number of pyridine rings is 1. The van der Waals surface area contributed by atoms with Crippen molar-refractivity contribution in [1.29, 1.82) is 0 Å². The number of rotatable bonds is 6. The van der Waals surface area contributed by atoms with Gasteiger partial charge in [0.05, 0.1) is 5.69 Å². The molecule has 0 spiro atoms. The van der Waals surface area contributed by atoms with Crippen LogP contribution in [0.2, 0.25) is 0 Å². The highest BCUT2D eigenvalue weighted by Gasteiger charge is 2.59. The third-order valence-electron chi connectivity index (χ3n) is 5.41. The maximum Gasteiger partial charge on any atom is 0.225 e. The maximum atomic E-state index is 12.1. The third kappa shape index (κ3) is 3.58. The number of piperidine rings is 1. The number of likely N-dealkylation sites (tertiary alicyclic amines) is 1. The van der Waals surface area contributed by atoms with Gasteiger partial charge in [0, 0.05) is 45.8 Å². The molecule has 2 aliphatic rings. The van der Waals surface area contributed by atoms with E-state index in [1.165, 1.54) is 5.56 Å². The van der Waals surface area contributed by atoms with E-state index in [4.69, 9.17) is 4.74 Å². The fraction of sp³-hybridized carbons (Fsp3) is 0.429. The number of hydrogen-bond acceptors (Lipinski definition) is 4. The molecule has 0 bridgehead atoms. The van der Waals surface area contributed by atoms with Crippen molar-refractivity contribution in [1.82, 2.24) is 14.8 Å². The number of ether oxygens (including phenoxy) is 1. The first-order chi connectivity index (χ1) is 12.6. The molecule has 1 amide bonds. The molecule has 0 radical (unpaired) electrons. The molecule has 2 heterocycles. The van der Waals surface area contributed by atoms with Crippen LogP contribution in [0.5, 0.6) is 5.75 Å². The van der Waals surface area contributed by atoms with Gasteiger partial charge in [0.1, 0.15) is 12.4 Å². The lowest BCUT2D eigenvalue weighted by Gasteiger charge is -2.20. The number of amides is 1. The summed E-state index contributed by atoms with van der Waals surface area (Å²) in [6, 6.07) is 14.1. The summed E-state index contributed by atoms with van der Waals surface area (Å²) in [4.78, 5) is 20.6. The van der Waals surface area contributed by atoms with Crippen LogP contribution in [0.1, 0.15) is 11.3 Å². The Hall–Kier alpha value is -2.40. The van der Waals surface area contributed by atoms with Crippen molar-refractivity contribution in [3.63, 3.8) is 0 Å². The van der Waals surface area contributed by atoms with Crippen LogP contribution in [-0.4, -0.2) is 47.9 Å². The minimum absolute atomic E-state index is 0.259. The zero-order valence-corrected chi connectivity index (χ0v) is 15.3. The normalized spacial score (nSPS) is 24.2. The second-order valence-corrected chi connectivity index (χ2v) is 7.54. The molecule has 1 aromatic carbocycles. The molecule has 1 aliphatic carbocycles. The van der Waals surface area contributed by atoms with Gasteiger partial charge >= 0.3 is 0 Å². The Morgan fingerprint density at radius 2 is 2.00 bits per heavy atom. The SMILES string of the molecule is CN(C)C(=O)C1[C@H]2CN(Cc3cccc(OCc4ccccn4)c3)C[C@@H]12. The van der Waals surface area contributed by atoms with E-state index in [0.29, 0.717) is 24.3 Å². The molecule has 1 aliphatic heterocycles. The van der Waals surface area contributed by atoms with Crippen LogP contribution in [-0.2, 0) is 17.9 Å². The Labute approximate surface area is 154 Å². The van der Waals surface area contributed by atoms with E-state index in [0.717, 1.165) is 31.1 Å². The average molecular weight is 351 g/mol. The zero-order chi connectivity index (χ0) is 18.1. The second kappa shape index (κ2) is 7.08. The first kappa shape index (κ1) is 17.0. The highest BCUT2D eigenvalue weighted by molar-refractivity contribution is 5.82. The van der Waals surface area contributed by atoms with E-state index in [1.807, 2.05) is 44.4 Å². The minimum Gasteiger partial charge on any atom is -0.487 e. The second-order valence-electron chi connectivity index (χ2n) is 7.54. The Balaban J connectivity index is 1.30. The summed E-state index contributed by atoms with van der Waals surface area (Å²) in [6.45, 7) is 3.44. The van der Waals surface area contributed by atoms with Crippen molar-refractivity contribution in [3.05, 3.63) is 59.9 Å². The number of fused-ring (bicyclic) bond motifs is 1. The molecule has 1 unspecified atom stereocenters. The first-order valence-electron chi connectivity index (χ1n) is 9.17. The Kier molecular flexibility index (Phi) is 4.64. The molecule has 1 saturated heterocycles. The van der Waals surface area contributed by atoms with Gasteiger partial charge < -0.3 is 9.64 Å². The monoisotopic (exact) mass is 351 g/mol. The van der Waals surface area contributed by atoms with Crippen molar-refractivity contribution in [3.8, 4) is 5.75 Å². The maximum absolute atomic E-state index is 12.1. The fourth-order valence-electron chi connectivity index (χ4n) is 4.04. The van der Waals surface area contributed by atoms with Crippen molar-refractivity contribution in [2.75, 3.05) is 27.2 Å². The van der Waals surface area contributed by atoms with E-state index in [1.54, 1.807) is 11.1 Å². The van der Waals surface area contributed by atoms with Gasteiger partial charge in [-0.15, -0.1) is 0 Å². The van der Waals surface area contributed by atoms with Crippen molar-refractivity contribution in [2.24, 2.45) is 17.8 Å². The van der Waals surface area contributed by atoms with E-state index >= 15 is 0 Å². The third-order valence-corrected chi connectivity index (χ3v) is 5.41. The lowest BCUT2D eigenvalue weighted by Crippen LogP contribution is -2.30. The van der Waals surface area contributed by atoms with Crippen LogP contribution in [0.4, 0.5) is 0 Å². The standard InChI is InChI=1S/C21H25N3O2/c1-23(2)21(25)20-18-12-24(13-19(18)20)11-15-6-5-8-17(10-15)26-14-16-7-3-4-9-22-16/h3-10,18-20H,11-14H2,1-2H3/t18-,19+,20?. The molecule has 1 aromatic heterocycles. The lowest BCUT2D eigenvalue weighted by molar-refractivity contribution is -0.131. The summed E-state index contributed by atoms with van der Waals surface area (Å²) < 4.78 is 5.87. The smallest absolute Gasteiger partial charge is 0.225 e. The molecule has 2 fully saturated rings. The molecule has 2 aromatic rings. The molecule has 5 nitrogen and oxygen atoms in total. The quantitative estimate of drug-likeness (QED) is 0.802. The van der Waals surface area contributed by atoms with Gasteiger partial charge in [0.2, 0.25) is 5.91 Å². The number of carbonyl (C=O) groups excluding carboxylic acids is 1. The molecule has 0 N–H and O–H groups in total. The van der Waals surface area contributed by atoms with Crippen molar-refractivity contribution in [2.45, 2.75) is 13.2 Å². The van der Waals surface area contributed by atoms with Crippen LogP contribution in [0.15, 0.2) is 48.7 Å². The Morgan fingerprint density at radius 3 is 2.69 bits per heavy atom. The molecular weight excluding hydrogens is 326 g/mol. The highest BCUT2D eigenvalue weighted by atomic mass is 16.5. The van der Waals surface area contributed by atoms with Gasteiger partial charge in [0.25, 0.3) is 0 Å². The Bertz CT molecular complexity index is 766. The predicted molar refractivity (Wildman–Crippen MR) is 99.5 cm³/mol. The van der Waals surface area contributed by atoms with Gasteiger partial charge in [-0.1, -0.05) is 18.2 Å². The average Bonchev–Trinajstić information content (AvgIpc) is 3.15. The summed E-state index contributed by atoms with van der Waals surface area (Å²) in [6.07, 6.45) is 1.78. The number of hydrogen-bond donors (Lipinski definition) is 0. The summed E-state index contributed by atoms with van der Waals surface area (Å²) in [5, 5.41) is 0. The minimum atomic E-state index is 0.259. The zero-order valence-electron chi connectivity index (χ0n) is 15.3. The van der Waals surface area contributed by atoms with E-state index in [2.05, 4.69) is 22.0 Å². The molecule has 3 atom stereocenters. The van der Waals surface area contributed by atoms with Crippen LogP contribution >= 0.6 is 0 Å². The molecule has 5 heteroatoms. The summed E-state index contributed by atoms with van der Waals surface area (Å²) in [5.41, 5.74) is 2.18.